The average Bonchev–Trinajstić information content (AvgIpc) is 2.26. The molecule has 3 nitrogen and oxygen atoms in total. The third-order valence-corrected chi connectivity index (χ3v) is 7.24. The van der Waals surface area contributed by atoms with E-state index in [1.54, 1.807) is 0 Å². The van der Waals surface area contributed by atoms with Crippen molar-refractivity contribution in [3.8, 4) is 0 Å². The van der Waals surface area contributed by atoms with E-state index in [-0.39, 0.29) is 22.6 Å². The van der Waals surface area contributed by atoms with E-state index in [1.165, 1.54) is 0 Å². The molecule has 0 aromatic rings. The highest BCUT2D eigenvalue weighted by Gasteiger charge is 2.40. The molecular formula is C15H31NO2S. The summed E-state index contributed by atoms with van der Waals surface area (Å²) in [7, 11) is -3.06. The molecule has 0 bridgehead atoms. The molecular weight excluding hydrogens is 258 g/mol. The predicted octanol–water partition coefficient (Wildman–Crippen LogP) is 2.99. The molecule has 114 valence electrons. The van der Waals surface area contributed by atoms with E-state index >= 15 is 0 Å². The minimum atomic E-state index is -3.06. The van der Waals surface area contributed by atoms with Crippen LogP contribution >= 0.6 is 0 Å². The fraction of sp³-hybridized carbons (Fsp3) is 1.00. The molecule has 0 aliphatic heterocycles. The normalized spacial score (nSPS) is 31.2. The van der Waals surface area contributed by atoms with Gasteiger partial charge in [0.25, 0.3) is 0 Å². The van der Waals surface area contributed by atoms with Crippen LogP contribution in [0.5, 0.6) is 0 Å². The Kier molecular flexibility index (Phi) is 5.47. The Hall–Kier alpha value is -0.0900. The van der Waals surface area contributed by atoms with Crippen molar-refractivity contribution in [2.45, 2.75) is 71.6 Å². The zero-order valence-electron chi connectivity index (χ0n) is 13.1. The van der Waals surface area contributed by atoms with Gasteiger partial charge >= 0.3 is 0 Å². The lowest BCUT2D eigenvalue weighted by Gasteiger charge is -2.40. The Bertz CT molecular complexity index is 383. The molecule has 1 saturated carbocycles. The first-order valence-electron chi connectivity index (χ1n) is 7.55. The van der Waals surface area contributed by atoms with Crippen molar-refractivity contribution >= 4 is 9.84 Å². The van der Waals surface area contributed by atoms with Crippen molar-refractivity contribution in [2.24, 2.45) is 23.0 Å². The van der Waals surface area contributed by atoms with Gasteiger partial charge in [-0.15, -0.1) is 0 Å². The second kappa shape index (κ2) is 6.13. The van der Waals surface area contributed by atoms with Crippen molar-refractivity contribution in [3.63, 3.8) is 0 Å². The van der Waals surface area contributed by atoms with Gasteiger partial charge in [0.15, 0.2) is 9.84 Å². The van der Waals surface area contributed by atoms with Crippen molar-refractivity contribution in [2.75, 3.05) is 5.75 Å². The molecule has 1 aliphatic carbocycles. The fourth-order valence-corrected chi connectivity index (χ4v) is 5.46. The van der Waals surface area contributed by atoms with Gasteiger partial charge in [-0.1, -0.05) is 41.0 Å². The summed E-state index contributed by atoms with van der Waals surface area (Å²) < 4.78 is 25.1. The Balaban J connectivity index is 2.84. The number of hydrogen-bond acceptors (Lipinski definition) is 3. The highest BCUT2D eigenvalue weighted by atomic mass is 32.2. The summed E-state index contributed by atoms with van der Waals surface area (Å²) in [6.07, 6.45) is 3.54. The highest BCUT2D eigenvalue weighted by Crippen LogP contribution is 2.39. The summed E-state index contributed by atoms with van der Waals surface area (Å²) >= 11 is 0. The van der Waals surface area contributed by atoms with E-state index < -0.39 is 9.84 Å². The van der Waals surface area contributed by atoms with E-state index in [9.17, 15) is 8.42 Å². The molecule has 0 spiro atoms. The van der Waals surface area contributed by atoms with Crippen LogP contribution in [-0.2, 0) is 9.84 Å². The molecule has 0 aromatic carbocycles. The SMILES string of the molecule is CCC(C)CS(=O)(=O)C1CC(C(C)(C)C)CCC1N. The van der Waals surface area contributed by atoms with Gasteiger partial charge < -0.3 is 5.73 Å². The van der Waals surface area contributed by atoms with Gasteiger partial charge in [0, 0.05) is 6.04 Å². The number of rotatable bonds is 4. The molecule has 19 heavy (non-hydrogen) atoms. The molecule has 0 saturated heterocycles. The van der Waals surface area contributed by atoms with Crippen LogP contribution in [0.2, 0.25) is 0 Å². The zero-order valence-corrected chi connectivity index (χ0v) is 14.0. The van der Waals surface area contributed by atoms with E-state index in [1.807, 2.05) is 13.8 Å². The Morgan fingerprint density at radius 1 is 1.26 bits per heavy atom. The lowest BCUT2D eigenvalue weighted by atomic mass is 9.71. The van der Waals surface area contributed by atoms with Gasteiger partial charge in [0.05, 0.1) is 11.0 Å². The molecule has 1 fully saturated rings. The molecule has 0 heterocycles. The van der Waals surface area contributed by atoms with Gasteiger partial charge in [-0.3, -0.25) is 0 Å². The van der Waals surface area contributed by atoms with Gasteiger partial charge in [-0.05, 0) is 36.5 Å². The smallest absolute Gasteiger partial charge is 0.154 e. The Labute approximate surface area is 119 Å². The molecule has 4 heteroatoms. The summed E-state index contributed by atoms with van der Waals surface area (Å²) in [5.41, 5.74) is 6.28. The molecule has 0 amide bonds. The highest BCUT2D eigenvalue weighted by molar-refractivity contribution is 7.92. The van der Waals surface area contributed by atoms with E-state index in [0.717, 1.165) is 25.7 Å². The molecule has 4 unspecified atom stereocenters. The van der Waals surface area contributed by atoms with Crippen molar-refractivity contribution in [1.82, 2.24) is 0 Å². The van der Waals surface area contributed by atoms with Crippen LogP contribution in [-0.4, -0.2) is 25.5 Å². The third kappa shape index (κ3) is 4.45. The van der Waals surface area contributed by atoms with E-state index in [2.05, 4.69) is 20.8 Å². The minimum Gasteiger partial charge on any atom is -0.327 e. The summed E-state index contributed by atoms with van der Waals surface area (Å²) in [5.74, 6) is 0.981. The molecule has 1 rings (SSSR count). The summed E-state index contributed by atoms with van der Waals surface area (Å²) in [6.45, 7) is 10.7. The first kappa shape index (κ1) is 17.0. The molecule has 0 radical (unpaired) electrons. The number of nitrogens with two attached hydrogens (primary N) is 1. The van der Waals surface area contributed by atoms with Gasteiger partial charge in [0.2, 0.25) is 0 Å². The van der Waals surface area contributed by atoms with Crippen LogP contribution in [0.1, 0.15) is 60.3 Å². The van der Waals surface area contributed by atoms with Crippen LogP contribution in [0, 0.1) is 17.3 Å². The second-order valence-corrected chi connectivity index (χ2v) is 9.69. The molecule has 1 aliphatic rings. The maximum absolute atomic E-state index is 12.6. The largest absolute Gasteiger partial charge is 0.327 e. The van der Waals surface area contributed by atoms with Crippen LogP contribution in [0.25, 0.3) is 0 Å². The second-order valence-electron chi connectivity index (χ2n) is 7.42. The summed E-state index contributed by atoms with van der Waals surface area (Å²) in [5, 5.41) is -0.334. The standard InChI is InChI=1S/C15H31NO2S/c1-6-11(2)10-19(17,18)14-9-12(15(3,4)5)7-8-13(14)16/h11-14H,6-10,16H2,1-5H3. The third-order valence-electron chi connectivity index (χ3n) is 4.74. The number of hydrogen-bond donors (Lipinski definition) is 1. The van der Waals surface area contributed by atoms with E-state index in [4.69, 9.17) is 5.73 Å². The monoisotopic (exact) mass is 289 g/mol. The first-order valence-corrected chi connectivity index (χ1v) is 9.26. The number of sulfone groups is 1. The summed E-state index contributed by atoms with van der Waals surface area (Å²) in [4.78, 5) is 0. The van der Waals surface area contributed by atoms with Crippen LogP contribution in [0.15, 0.2) is 0 Å². The molecule has 4 atom stereocenters. The zero-order chi connectivity index (χ0) is 14.8. The minimum absolute atomic E-state index is 0.171. The van der Waals surface area contributed by atoms with Crippen molar-refractivity contribution in [1.29, 1.82) is 0 Å². The maximum atomic E-state index is 12.6. The predicted molar refractivity (Wildman–Crippen MR) is 81.8 cm³/mol. The maximum Gasteiger partial charge on any atom is 0.154 e. The van der Waals surface area contributed by atoms with E-state index in [0.29, 0.717) is 11.7 Å². The topological polar surface area (TPSA) is 60.2 Å². The Morgan fingerprint density at radius 2 is 1.84 bits per heavy atom. The lowest BCUT2D eigenvalue weighted by molar-refractivity contribution is 0.171. The summed E-state index contributed by atoms with van der Waals surface area (Å²) in [6, 6.07) is -0.173. The molecule has 0 aromatic heterocycles. The first-order chi connectivity index (χ1) is 8.58. The van der Waals surface area contributed by atoms with Crippen LogP contribution < -0.4 is 5.73 Å². The van der Waals surface area contributed by atoms with Crippen LogP contribution in [0.3, 0.4) is 0 Å². The van der Waals surface area contributed by atoms with Crippen molar-refractivity contribution in [3.05, 3.63) is 0 Å². The lowest BCUT2D eigenvalue weighted by Crippen LogP contribution is -2.48. The van der Waals surface area contributed by atoms with Gasteiger partial charge in [-0.2, -0.15) is 0 Å². The van der Waals surface area contributed by atoms with Gasteiger partial charge in [0.1, 0.15) is 0 Å². The molecule has 2 N–H and O–H groups in total. The van der Waals surface area contributed by atoms with Gasteiger partial charge in [-0.25, -0.2) is 8.42 Å². The van der Waals surface area contributed by atoms with Crippen molar-refractivity contribution < 1.29 is 8.42 Å². The average molecular weight is 289 g/mol. The quantitative estimate of drug-likeness (QED) is 0.865. The Morgan fingerprint density at radius 3 is 2.32 bits per heavy atom. The fourth-order valence-electron chi connectivity index (χ4n) is 2.99. The van der Waals surface area contributed by atoms with Crippen LogP contribution in [0.4, 0.5) is 0 Å².